The van der Waals surface area contributed by atoms with Gasteiger partial charge in [0.1, 0.15) is 0 Å². The number of ketones is 1. The van der Waals surface area contributed by atoms with E-state index in [1.54, 1.807) is 36.4 Å². The lowest BCUT2D eigenvalue weighted by atomic mass is 10.1. The number of hydrogen-bond acceptors (Lipinski definition) is 3. The fraction of sp³-hybridized carbons (Fsp3) is 0.111. The Balaban J connectivity index is 2.17. The van der Waals surface area contributed by atoms with Gasteiger partial charge in [-0.1, -0.05) is 35.9 Å². The van der Waals surface area contributed by atoms with E-state index in [-0.39, 0.29) is 5.69 Å². The second-order valence-corrected chi connectivity index (χ2v) is 5.38. The second-order valence-electron chi connectivity index (χ2n) is 5.38. The van der Waals surface area contributed by atoms with Gasteiger partial charge in [0.25, 0.3) is 5.78 Å². The Morgan fingerprint density at radius 2 is 1.71 bits per heavy atom. The number of hydrogen-bond donors (Lipinski definition) is 1. The maximum Gasteiger partial charge on any atom is 0.455 e. The van der Waals surface area contributed by atoms with E-state index < -0.39 is 17.5 Å². The third-order valence-corrected chi connectivity index (χ3v) is 3.60. The van der Waals surface area contributed by atoms with Crippen LogP contribution in [0, 0.1) is 6.92 Å². The zero-order valence-corrected chi connectivity index (χ0v) is 12.7. The number of benzene rings is 2. The van der Waals surface area contributed by atoms with E-state index in [9.17, 15) is 18.0 Å². The molecule has 3 aromatic rings. The molecule has 6 heteroatoms. The van der Waals surface area contributed by atoms with Crippen LogP contribution in [0.1, 0.15) is 15.9 Å². The molecular formula is C18H13F3N2O. The van der Waals surface area contributed by atoms with Gasteiger partial charge in [0, 0.05) is 17.3 Å². The molecule has 3 rings (SSSR count). The number of aromatic nitrogens is 1. The van der Waals surface area contributed by atoms with Gasteiger partial charge in [-0.25, -0.2) is 0 Å². The fourth-order valence-corrected chi connectivity index (χ4v) is 2.38. The number of nitrogens with one attached hydrogen (secondary N) is 1. The van der Waals surface area contributed by atoms with Crippen molar-refractivity contribution in [3.63, 3.8) is 0 Å². The molecule has 1 aromatic heterocycles. The summed E-state index contributed by atoms with van der Waals surface area (Å²) in [6.07, 6.45) is -4.00. The maximum atomic E-state index is 12.9. The van der Waals surface area contributed by atoms with Gasteiger partial charge in [-0.3, -0.25) is 9.78 Å². The largest absolute Gasteiger partial charge is 0.455 e. The zero-order chi connectivity index (χ0) is 17.3. The molecule has 122 valence electrons. The van der Waals surface area contributed by atoms with E-state index in [1.807, 2.05) is 19.1 Å². The van der Waals surface area contributed by atoms with Crippen LogP contribution in [-0.4, -0.2) is 16.9 Å². The van der Waals surface area contributed by atoms with Crippen LogP contribution < -0.4 is 5.32 Å². The van der Waals surface area contributed by atoms with Gasteiger partial charge >= 0.3 is 6.18 Å². The van der Waals surface area contributed by atoms with E-state index in [1.165, 1.54) is 0 Å². The van der Waals surface area contributed by atoms with Crippen molar-refractivity contribution in [1.29, 1.82) is 0 Å². The normalized spacial score (nSPS) is 11.5. The monoisotopic (exact) mass is 330 g/mol. The predicted molar refractivity (Wildman–Crippen MR) is 86.6 cm³/mol. The Kier molecular flexibility index (Phi) is 3.97. The van der Waals surface area contributed by atoms with Crippen LogP contribution in [0.5, 0.6) is 0 Å². The molecule has 3 nitrogen and oxygen atoms in total. The average molecular weight is 330 g/mol. The van der Waals surface area contributed by atoms with Gasteiger partial charge in [-0.05, 0) is 25.1 Å². The smallest absolute Gasteiger partial charge is 0.354 e. The van der Waals surface area contributed by atoms with Crippen molar-refractivity contribution in [2.24, 2.45) is 0 Å². The minimum Gasteiger partial charge on any atom is -0.354 e. The number of Topliss-reactive ketones (excluding diaryl/α,β-unsaturated/α-hetero) is 1. The first-order valence-corrected chi connectivity index (χ1v) is 7.19. The number of nitrogens with zero attached hydrogens (tertiary/aromatic N) is 1. The first-order valence-electron chi connectivity index (χ1n) is 7.19. The van der Waals surface area contributed by atoms with Crippen molar-refractivity contribution in [2.75, 3.05) is 5.32 Å². The molecule has 2 aromatic carbocycles. The summed E-state index contributed by atoms with van der Waals surface area (Å²) < 4.78 is 38.7. The maximum absolute atomic E-state index is 12.9. The topological polar surface area (TPSA) is 42.0 Å². The highest BCUT2D eigenvalue weighted by Gasteiger charge is 2.41. The van der Waals surface area contributed by atoms with E-state index in [0.29, 0.717) is 16.6 Å². The van der Waals surface area contributed by atoms with Gasteiger partial charge in [-0.15, -0.1) is 0 Å². The third-order valence-electron chi connectivity index (χ3n) is 3.60. The third kappa shape index (κ3) is 3.08. The lowest BCUT2D eigenvalue weighted by molar-refractivity contribution is -0.0884. The number of fused-ring (bicyclic) bond motifs is 1. The Morgan fingerprint density at radius 3 is 2.38 bits per heavy atom. The van der Waals surface area contributed by atoms with Gasteiger partial charge in [0.15, 0.2) is 0 Å². The van der Waals surface area contributed by atoms with Crippen LogP contribution >= 0.6 is 0 Å². The van der Waals surface area contributed by atoms with Crippen molar-refractivity contribution in [1.82, 2.24) is 4.98 Å². The number of para-hydroxylation sites is 1. The van der Waals surface area contributed by atoms with E-state index in [4.69, 9.17) is 0 Å². The molecule has 0 aliphatic heterocycles. The Morgan fingerprint density at radius 1 is 1.04 bits per heavy atom. The van der Waals surface area contributed by atoms with E-state index in [2.05, 4.69) is 10.3 Å². The minimum absolute atomic E-state index is 0.103. The summed E-state index contributed by atoms with van der Waals surface area (Å²) in [6.45, 7) is 1.91. The second kappa shape index (κ2) is 5.96. The summed E-state index contributed by atoms with van der Waals surface area (Å²) in [7, 11) is 0. The highest BCUT2D eigenvalue weighted by atomic mass is 19.4. The first kappa shape index (κ1) is 16.0. The van der Waals surface area contributed by atoms with Crippen LogP contribution in [0.2, 0.25) is 0 Å². The van der Waals surface area contributed by atoms with E-state index >= 15 is 0 Å². The summed E-state index contributed by atoms with van der Waals surface area (Å²) in [5, 5.41) is 3.39. The number of aryl methyl sites for hydroxylation is 1. The summed E-state index contributed by atoms with van der Waals surface area (Å²) >= 11 is 0. The molecule has 0 fully saturated rings. The van der Waals surface area contributed by atoms with E-state index in [0.717, 1.165) is 11.8 Å². The fourth-order valence-electron chi connectivity index (χ4n) is 2.38. The highest BCUT2D eigenvalue weighted by Crippen LogP contribution is 2.33. The van der Waals surface area contributed by atoms with Crippen molar-refractivity contribution >= 4 is 28.1 Å². The molecule has 0 amide bonds. The minimum atomic E-state index is -4.96. The Bertz CT molecular complexity index is 902. The molecule has 0 saturated carbocycles. The molecule has 0 aliphatic rings. The summed E-state index contributed by atoms with van der Waals surface area (Å²) in [5.74, 6) is -1.92. The number of alkyl halides is 3. The van der Waals surface area contributed by atoms with Crippen LogP contribution in [0.25, 0.3) is 10.9 Å². The van der Waals surface area contributed by atoms with Crippen LogP contribution in [-0.2, 0) is 0 Å². The molecular weight excluding hydrogens is 317 g/mol. The number of pyridine rings is 1. The van der Waals surface area contributed by atoms with Crippen LogP contribution in [0.4, 0.5) is 24.5 Å². The SMILES string of the molecule is Cc1ccc(Nc2c(C(=O)C(F)(F)F)cnc3ccccc23)cc1. The summed E-state index contributed by atoms with van der Waals surface area (Å²) in [6, 6.07) is 13.9. The number of anilines is 2. The van der Waals surface area contributed by atoms with Crippen molar-refractivity contribution < 1.29 is 18.0 Å². The molecule has 0 aliphatic carbocycles. The molecule has 0 unspecified atom stereocenters. The Labute approximate surface area is 136 Å². The molecule has 24 heavy (non-hydrogen) atoms. The molecule has 0 radical (unpaired) electrons. The molecule has 0 saturated heterocycles. The quantitative estimate of drug-likeness (QED) is 0.685. The number of halogens is 3. The average Bonchev–Trinajstić information content (AvgIpc) is 2.56. The molecule has 0 atom stereocenters. The van der Waals surface area contributed by atoms with Crippen molar-refractivity contribution in [3.8, 4) is 0 Å². The summed E-state index contributed by atoms with van der Waals surface area (Å²) in [4.78, 5) is 15.7. The number of rotatable bonds is 3. The first-order chi connectivity index (χ1) is 11.4. The van der Waals surface area contributed by atoms with Gasteiger partial charge in [0.2, 0.25) is 0 Å². The standard InChI is InChI=1S/C18H13F3N2O/c1-11-6-8-12(9-7-11)23-16-13-4-2-3-5-15(13)22-10-14(16)17(24)18(19,20)21/h2-10H,1H3,(H,22,23). The molecule has 1 N–H and O–H groups in total. The lowest BCUT2D eigenvalue weighted by Crippen LogP contribution is -2.24. The highest BCUT2D eigenvalue weighted by molar-refractivity contribution is 6.11. The molecule has 1 heterocycles. The van der Waals surface area contributed by atoms with Gasteiger partial charge in [0.05, 0.1) is 16.8 Å². The van der Waals surface area contributed by atoms with Gasteiger partial charge < -0.3 is 5.32 Å². The van der Waals surface area contributed by atoms with Crippen LogP contribution in [0.3, 0.4) is 0 Å². The molecule has 0 bridgehead atoms. The zero-order valence-electron chi connectivity index (χ0n) is 12.7. The lowest BCUT2D eigenvalue weighted by Gasteiger charge is -2.15. The van der Waals surface area contributed by atoms with Crippen LogP contribution in [0.15, 0.2) is 54.7 Å². The number of carbonyl (C=O) groups is 1. The Hall–Kier alpha value is -2.89. The summed E-state index contributed by atoms with van der Waals surface area (Å²) in [5.41, 5.74) is 1.72. The van der Waals surface area contributed by atoms with Crippen molar-refractivity contribution in [3.05, 3.63) is 65.9 Å². The van der Waals surface area contributed by atoms with Gasteiger partial charge in [-0.2, -0.15) is 13.2 Å². The molecule has 0 spiro atoms. The van der Waals surface area contributed by atoms with Crippen molar-refractivity contribution in [2.45, 2.75) is 13.1 Å². The predicted octanol–water partition coefficient (Wildman–Crippen LogP) is 5.03. The number of carbonyl (C=O) groups excluding carboxylic acids is 1.